The molecule has 4 aromatic rings. The molecule has 0 bridgehead atoms. The number of aromatic nitrogens is 3. The number of hydrogen-bond donors (Lipinski definition) is 0. The number of fused-ring (bicyclic) bond motifs is 1. The average molecular weight is 449 g/mol. The first-order valence-corrected chi connectivity index (χ1v) is 9.85. The Balaban J connectivity index is 0.00000256. The van der Waals surface area contributed by atoms with E-state index in [1.54, 1.807) is 43.8 Å². The van der Waals surface area contributed by atoms with Crippen molar-refractivity contribution >= 4 is 45.0 Å². The zero-order chi connectivity index (χ0) is 20.2. The number of furan rings is 1. The van der Waals surface area contributed by atoms with Crippen LogP contribution in [0.5, 0.6) is 11.5 Å². The Kier molecular flexibility index (Phi) is 6.96. The summed E-state index contributed by atoms with van der Waals surface area (Å²) in [5, 5.41) is 0.565. The van der Waals surface area contributed by atoms with E-state index in [1.807, 2.05) is 22.9 Å². The van der Waals surface area contributed by atoms with Crippen molar-refractivity contribution in [3.05, 3.63) is 55.0 Å². The van der Waals surface area contributed by atoms with Crippen LogP contribution in [0.15, 0.2) is 53.7 Å². The van der Waals surface area contributed by atoms with Crippen molar-refractivity contribution in [1.29, 1.82) is 0 Å². The van der Waals surface area contributed by atoms with Crippen molar-refractivity contribution in [2.75, 3.05) is 25.7 Å². The molecular weight excluding hydrogens is 428 g/mol. The van der Waals surface area contributed by atoms with Gasteiger partial charge in [-0.15, -0.1) is 12.4 Å². The highest BCUT2D eigenvalue weighted by Crippen LogP contribution is 2.40. The van der Waals surface area contributed by atoms with E-state index in [-0.39, 0.29) is 24.1 Å². The molecule has 30 heavy (non-hydrogen) atoms. The van der Waals surface area contributed by atoms with Crippen molar-refractivity contribution in [3.8, 4) is 11.5 Å². The molecule has 0 saturated heterocycles. The molecule has 1 amide bonds. The van der Waals surface area contributed by atoms with Crippen LogP contribution in [-0.4, -0.2) is 41.2 Å². The van der Waals surface area contributed by atoms with Gasteiger partial charge >= 0.3 is 0 Å². The topological polar surface area (TPSA) is 82.6 Å². The highest BCUT2D eigenvalue weighted by atomic mass is 35.5. The maximum absolute atomic E-state index is 13.1. The molecule has 3 aromatic heterocycles. The molecule has 0 aliphatic rings. The number of hydrogen-bond acceptors (Lipinski definition) is 7. The Morgan fingerprint density at radius 1 is 1.23 bits per heavy atom. The minimum Gasteiger partial charge on any atom is -0.495 e. The second-order valence-corrected chi connectivity index (χ2v) is 7.21. The van der Waals surface area contributed by atoms with Crippen LogP contribution in [0.1, 0.15) is 17.0 Å². The number of imidazole rings is 1. The monoisotopic (exact) mass is 448 g/mol. The number of thiazole rings is 1. The predicted molar refractivity (Wildman–Crippen MR) is 117 cm³/mol. The molecule has 4 rings (SSSR count). The fraction of sp³-hybridized carbons (Fsp3) is 0.250. The van der Waals surface area contributed by atoms with E-state index < -0.39 is 0 Å². The first-order chi connectivity index (χ1) is 14.2. The van der Waals surface area contributed by atoms with Crippen LogP contribution in [0.2, 0.25) is 0 Å². The van der Waals surface area contributed by atoms with E-state index in [0.29, 0.717) is 28.7 Å². The molecule has 0 fully saturated rings. The Bertz CT molecular complexity index is 1050. The Morgan fingerprint density at radius 2 is 2.03 bits per heavy atom. The second-order valence-electron chi connectivity index (χ2n) is 6.23. The molecular formula is C20H21ClN4O4S. The third kappa shape index (κ3) is 4.27. The normalized spacial score (nSPS) is 10.6. The van der Waals surface area contributed by atoms with Crippen LogP contribution in [0.4, 0.5) is 5.13 Å². The SMILES string of the molecule is COc1ccc(OC)c2sc(N(CCCn3ccnc3)C(=O)c3ccco3)nc12.Cl. The van der Waals surface area contributed by atoms with Crippen LogP contribution in [0, 0.1) is 0 Å². The number of aryl methyl sites for hydroxylation is 1. The Morgan fingerprint density at radius 3 is 2.70 bits per heavy atom. The van der Waals surface area contributed by atoms with E-state index in [9.17, 15) is 4.79 Å². The largest absolute Gasteiger partial charge is 0.495 e. The van der Waals surface area contributed by atoms with Gasteiger partial charge < -0.3 is 18.5 Å². The van der Waals surface area contributed by atoms with Crippen LogP contribution in [-0.2, 0) is 6.54 Å². The number of halogens is 1. The van der Waals surface area contributed by atoms with Gasteiger partial charge in [0, 0.05) is 25.5 Å². The lowest BCUT2D eigenvalue weighted by Gasteiger charge is -2.18. The molecule has 0 N–H and O–H groups in total. The molecule has 0 aliphatic heterocycles. The van der Waals surface area contributed by atoms with Gasteiger partial charge in [0.1, 0.15) is 21.7 Å². The second kappa shape index (κ2) is 9.64. The smallest absolute Gasteiger partial charge is 0.295 e. The number of methoxy groups -OCH3 is 2. The van der Waals surface area contributed by atoms with E-state index in [1.165, 1.54) is 17.6 Å². The molecule has 8 nitrogen and oxygen atoms in total. The highest BCUT2D eigenvalue weighted by Gasteiger charge is 2.25. The maximum Gasteiger partial charge on any atom is 0.295 e. The van der Waals surface area contributed by atoms with Gasteiger partial charge in [0.05, 0.1) is 26.8 Å². The van der Waals surface area contributed by atoms with Crippen LogP contribution in [0.25, 0.3) is 10.2 Å². The zero-order valence-corrected chi connectivity index (χ0v) is 18.1. The lowest BCUT2D eigenvalue weighted by molar-refractivity contribution is 0.0959. The minimum atomic E-state index is -0.238. The third-order valence-electron chi connectivity index (χ3n) is 4.46. The summed E-state index contributed by atoms with van der Waals surface area (Å²) in [6, 6.07) is 6.99. The molecule has 3 heterocycles. The number of rotatable bonds is 8. The number of carbonyl (C=O) groups excluding carboxylic acids is 1. The molecule has 0 aliphatic carbocycles. The molecule has 0 unspecified atom stereocenters. The number of nitrogens with zero attached hydrogens (tertiary/aromatic N) is 4. The van der Waals surface area contributed by atoms with Gasteiger partial charge in [0.25, 0.3) is 5.91 Å². The third-order valence-corrected chi connectivity index (χ3v) is 5.56. The van der Waals surface area contributed by atoms with Crippen molar-refractivity contribution in [3.63, 3.8) is 0 Å². The molecule has 0 saturated carbocycles. The maximum atomic E-state index is 13.1. The average Bonchev–Trinajstić information content (AvgIpc) is 3.51. The Hall–Kier alpha value is -3.04. The van der Waals surface area contributed by atoms with Gasteiger partial charge in [0.15, 0.2) is 10.9 Å². The van der Waals surface area contributed by atoms with Gasteiger partial charge in [0.2, 0.25) is 0 Å². The molecule has 0 atom stereocenters. The lowest BCUT2D eigenvalue weighted by atomic mass is 10.3. The van der Waals surface area contributed by atoms with E-state index >= 15 is 0 Å². The summed E-state index contributed by atoms with van der Waals surface area (Å²) in [5.41, 5.74) is 0.665. The first-order valence-electron chi connectivity index (χ1n) is 9.04. The van der Waals surface area contributed by atoms with E-state index in [0.717, 1.165) is 17.7 Å². The van der Waals surface area contributed by atoms with Crippen molar-refractivity contribution in [2.24, 2.45) is 0 Å². The van der Waals surface area contributed by atoms with Gasteiger partial charge in [-0.1, -0.05) is 11.3 Å². The predicted octanol–water partition coefficient (Wildman–Crippen LogP) is 4.26. The van der Waals surface area contributed by atoms with Crippen molar-refractivity contribution in [1.82, 2.24) is 14.5 Å². The molecule has 0 radical (unpaired) electrons. The number of amides is 1. The zero-order valence-electron chi connectivity index (χ0n) is 16.5. The quantitative estimate of drug-likeness (QED) is 0.400. The van der Waals surface area contributed by atoms with Crippen LogP contribution in [0.3, 0.4) is 0 Å². The number of anilines is 1. The summed E-state index contributed by atoms with van der Waals surface area (Å²) < 4.78 is 19.0. The van der Waals surface area contributed by atoms with Crippen LogP contribution >= 0.6 is 23.7 Å². The summed E-state index contributed by atoms with van der Waals surface area (Å²) >= 11 is 1.39. The molecule has 158 valence electrons. The number of benzene rings is 1. The first kappa shape index (κ1) is 21.7. The summed E-state index contributed by atoms with van der Waals surface area (Å²) in [4.78, 5) is 23.5. The number of carbonyl (C=O) groups is 1. The molecule has 0 spiro atoms. The fourth-order valence-corrected chi connectivity index (χ4v) is 4.14. The van der Waals surface area contributed by atoms with Crippen LogP contribution < -0.4 is 14.4 Å². The van der Waals surface area contributed by atoms with Gasteiger partial charge in [-0.3, -0.25) is 9.69 Å². The van der Waals surface area contributed by atoms with Gasteiger partial charge in [-0.05, 0) is 30.7 Å². The van der Waals surface area contributed by atoms with E-state index in [2.05, 4.69) is 4.98 Å². The Labute approximate surface area is 183 Å². The molecule has 10 heteroatoms. The number of ether oxygens (including phenoxy) is 2. The van der Waals surface area contributed by atoms with Crippen molar-refractivity contribution < 1.29 is 18.7 Å². The van der Waals surface area contributed by atoms with Gasteiger partial charge in [-0.25, -0.2) is 9.97 Å². The summed E-state index contributed by atoms with van der Waals surface area (Å²) in [7, 11) is 3.20. The molecule has 1 aromatic carbocycles. The minimum absolute atomic E-state index is 0. The van der Waals surface area contributed by atoms with Crippen molar-refractivity contribution in [2.45, 2.75) is 13.0 Å². The summed E-state index contributed by atoms with van der Waals surface area (Å²) in [5.74, 6) is 1.35. The summed E-state index contributed by atoms with van der Waals surface area (Å²) in [6.07, 6.45) is 7.60. The van der Waals surface area contributed by atoms with E-state index in [4.69, 9.17) is 18.9 Å². The summed E-state index contributed by atoms with van der Waals surface area (Å²) in [6.45, 7) is 1.21. The highest BCUT2D eigenvalue weighted by molar-refractivity contribution is 7.22. The van der Waals surface area contributed by atoms with Gasteiger partial charge in [-0.2, -0.15) is 0 Å². The fourth-order valence-electron chi connectivity index (χ4n) is 3.04. The standard InChI is InChI=1S/C20H20N4O4S.ClH/c1-26-14-6-7-15(27-2)18-17(14)22-20(29-18)24(19(25)16-5-3-12-28-16)10-4-9-23-11-8-21-13-23;/h3,5-8,11-13H,4,9-10H2,1-2H3;1H. The lowest BCUT2D eigenvalue weighted by Crippen LogP contribution is -2.32.